The van der Waals surface area contributed by atoms with E-state index in [-0.39, 0.29) is 0 Å². The smallest absolute Gasteiger partial charge is 0.140 e. The molecule has 72 valence electrons. The van der Waals surface area contributed by atoms with E-state index in [1.54, 1.807) is 7.11 Å². The molecule has 0 saturated heterocycles. The molecule has 0 aliphatic carbocycles. The van der Waals surface area contributed by atoms with Gasteiger partial charge in [-0.25, -0.2) is 9.97 Å². The van der Waals surface area contributed by atoms with E-state index in [2.05, 4.69) is 9.97 Å². The van der Waals surface area contributed by atoms with Crippen molar-refractivity contribution in [1.29, 1.82) is 0 Å². The molecule has 0 atom stereocenters. The lowest BCUT2D eigenvalue weighted by atomic mass is 10.1. The second-order valence-corrected chi connectivity index (χ2v) is 3.36. The molecule has 0 unspecified atom stereocenters. The first kappa shape index (κ1) is 9.21. The number of benzene rings is 1. The molecule has 2 rings (SSSR count). The summed E-state index contributed by atoms with van der Waals surface area (Å²) < 4.78 is 5.19. The van der Waals surface area contributed by atoms with Gasteiger partial charge in [-0.15, -0.1) is 0 Å². The first-order valence-electron chi connectivity index (χ1n) is 4.17. The van der Waals surface area contributed by atoms with Gasteiger partial charge >= 0.3 is 0 Å². The summed E-state index contributed by atoms with van der Waals surface area (Å²) in [4.78, 5) is 8.03. The van der Waals surface area contributed by atoms with Crippen LogP contribution in [0.15, 0.2) is 18.5 Å². The summed E-state index contributed by atoms with van der Waals surface area (Å²) in [5.74, 6) is 0.812. The van der Waals surface area contributed by atoms with Crippen molar-refractivity contribution in [1.82, 2.24) is 9.97 Å². The van der Waals surface area contributed by atoms with Gasteiger partial charge in [-0.05, 0) is 18.6 Å². The molecule has 0 aliphatic heterocycles. The zero-order valence-corrected chi connectivity index (χ0v) is 8.67. The SMILES string of the molecule is COc1cc2ncnc(Cl)c2cc1C. The van der Waals surface area contributed by atoms with Gasteiger partial charge < -0.3 is 4.74 Å². The number of fused-ring (bicyclic) bond motifs is 1. The maximum absolute atomic E-state index is 5.93. The number of hydrogen-bond acceptors (Lipinski definition) is 3. The second kappa shape index (κ2) is 3.42. The number of nitrogens with zero attached hydrogens (tertiary/aromatic N) is 2. The van der Waals surface area contributed by atoms with Crippen molar-refractivity contribution in [2.75, 3.05) is 7.11 Å². The summed E-state index contributed by atoms with van der Waals surface area (Å²) in [6.07, 6.45) is 1.44. The Kier molecular flexibility index (Phi) is 2.25. The number of halogens is 1. The maximum Gasteiger partial charge on any atom is 0.140 e. The topological polar surface area (TPSA) is 35.0 Å². The molecular weight excluding hydrogens is 200 g/mol. The lowest BCUT2D eigenvalue weighted by Crippen LogP contribution is -1.90. The fraction of sp³-hybridized carbons (Fsp3) is 0.200. The van der Waals surface area contributed by atoms with Gasteiger partial charge in [-0.3, -0.25) is 0 Å². The van der Waals surface area contributed by atoms with Gasteiger partial charge in [0.1, 0.15) is 17.2 Å². The van der Waals surface area contributed by atoms with Crippen LogP contribution in [0.1, 0.15) is 5.56 Å². The largest absolute Gasteiger partial charge is 0.496 e. The number of aryl methyl sites for hydroxylation is 1. The number of hydrogen-bond donors (Lipinski definition) is 0. The molecule has 0 saturated carbocycles. The lowest BCUT2D eigenvalue weighted by molar-refractivity contribution is 0.412. The third-order valence-electron chi connectivity index (χ3n) is 2.10. The van der Waals surface area contributed by atoms with E-state index in [9.17, 15) is 0 Å². The molecule has 0 N–H and O–H groups in total. The van der Waals surface area contributed by atoms with Crippen LogP contribution in [0.3, 0.4) is 0 Å². The van der Waals surface area contributed by atoms with Gasteiger partial charge in [0.2, 0.25) is 0 Å². The van der Waals surface area contributed by atoms with E-state index in [0.29, 0.717) is 5.15 Å². The van der Waals surface area contributed by atoms with Crippen LogP contribution in [-0.2, 0) is 0 Å². The number of aromatic nitrogens is 2. The molecule has 0 spiro atoms. The van der Waals surface area contributed by atoms with E-state index in [4.69, 9.17) is 16.3 Å². The molecule has 0 aliphatic rings. The van der Waals surface area contributed by atoms with Gasteiger partial charge in [0.15, 0.2) is 0 Å². The van der Waals surface area contributed by atoms with Crippen LogP contribution in [0.5, 0.6) is 5.75 Å². The molecule has 14 heavy (non-hydrogen) atoms. The highest BCUT2D eigenvalue weighted by Gasteiger charge is 2.05. The molecule has 1 aromatic carbocycles. The van der Waals surface area contributed by atoms with Crippen LogP contribution < -0.4 is 4.74 Å². The first-order valence-corrected chi connectivity index (χ1v) is 4.55. The summed E-state index contributed by atoms with van der Waals surface area (Å²) in [6, 6.07) is 3.79. The molecule has 1 aromatic heterocycles. The van der Waals surface area contributed by atoms with Crippen LogP contribution in [0.25, 0.3) is 10.9 Å². The molecular formula is C10H9ClN2O. The van der Waals surface area contributed by atoms with Crippen LogP contribution >= 0.6 is 11.6 Å². The summed E-state index contributed by atoms with van der Waals surface area (Å²) in [6.45, 7) is 1.96. The van der Waals surface area contributed by atoms with Gasteiger partial charge in [0.05, 0.1) is 12.6 Å². The minimum Gasteiger partial charge on any atom is -0.496 e. The fourth-order valence-corrected chi connectivity index (χ4v) is 1.58. The van der Waals surface area contributed by atoms with E-state index in [1.807, 2.05) is 19.1 Å². The van der Waals surface area contributed by atoms with Crippen molar-refractivity contribution in [2.45, 2.75) is 6.92 Å². The first-order chi connectivity index (χ1) is 6.72. The Morgan fingerprint density at radius 1 is 1.29 bits per heavy atom. The van der Waals surface area contributed by atoms with Crippen molar-refractivity contribution >= 4 is 22.5 Å². The maximum atomic E-state index is 5.93. The monoisotopic (exact) mass is 208 g/mol. The molecule has 4 heteroatoms. The molecule has 1 heterocycles. The highest BCUT2D eigenvalue weighted by atomic mass is 35.5. The van der Waals surface area contributed by atoms with Crippen molar-refractivity contribution in [3.05, 3.63) is 29.2 Å². The number of ether oxygens (including phenoxy) is 1. The molecule has 3 nitrogen and oxygen atoms in total. The molecule has 0 radical (unpaired) electrons. The minimum absolute atomic E-state index is 0.473. The number of methoxy groups -OCH3 is 1. The van der Waals surface area contributed by atoms with Crippen LogP contribution in [0.2, 0.25) is 5.15 Å². The fourth-order valence-electron chi connectivity index (χ4n) is 1.38. The third kappa shape index (κ3) is 1.40. The van der Waals surface area contributed by atoms with Crippen molar-refractivity contribution < 1.29 is 4.74 Å². The average molecular weight is 209 g/mol. The zero-order chi connectivity index (χ0) is 10.1. The third-order valence-corrected chi connectivity index (χ3v) is 2.40. The standard InChI is InChI=1S/C10H9ClN2O/c1-6-3-7-8(4-9(6)14-2)12-5-13-10(7)11/h3-5H,1-2H3. The lowest BCUT2D eigenvalue weighted by Gasteiger charge is -2.06. The average Bonchev–Trinajstić information content (AvgIpc) is 2.19. The highest BCUT2D eigenvalue weighted by Crippen LogP contribution is 2.26. The Morgan fingerprint density at radius 3 is 2.79 bits per heavy atom. The Labute approximate surface area is 86.7 Å². The van der Waals surface area contributed by atoms with E-state index < -0.39 is 0 Å². The predicted molar refractivity (Wildman–Crippen MR) is 55.8 cm³/mol. The molecule has 0 bridgehead atoms. The Morgan fingerprint density at radius 2 is 2.07 bits per heavy atom. The summed E-state index contributed by atoms with van der Waals surface area (Å²) in [5, 5.41) is 1.33. The second-order valence-electron chi connectivity index (χ2n) is 3.00. The number of rotatable bonds is 1. The summed E-state index contributed by atoms with van der Waals surface area (Å²) in [7, 11) is 1.64. The quantitative estimate of drug-likeness (QED) is 0.676. The van der Waals surface area contributed by atoms with E-state index in [1.165, 1.54) is 6.33 Å². The minimum atomic E-state index is 0.473. The van der Waals surface area contributed by atoms with Gasteiger partial charge in [-0.2, -0.15) is 0 Å². The summed E-state index contributed by atoms with van der Waals surface area (Å²) in [5.41, 5.74) is 1.82. The van der Waals surface area contributed by atoms with Crippen LogP contribution in [0, 0.1) is 6.92 Å². The van der Waals surface area contributed by atoms with Gasteiger partial charge in [-0.1, -0.05) is 11.6 Å². The predicted octanol–water partition coefficient (Wildman–Crippen LogP) is 2.60. The van der Waals surface area contributed by atoms with Crippen LogP contribution in [0.4, 0.5) is 0 Å². The highest BCUT2D eigenvalue weighted by molar-refractivity contribution is 6.34. The molecule has 0 fully saturated rings. The van der Waals surface area contributed by atoms with Gasteiger partial charge in [0, 0.05) is 11.5 Å². The summed E-state index contributed by atoms with van der Waals surface area (Å²) >= 11 is 5.93. The van der Waals surface area contributed by atoms with E-state index >= 15 is 0 Å². The normalized spacial score (nSPS) is 10.5. The molecule has 0 amide bonds. The Hall–Kier alpha value is -1.35. The zero-order valence-electron chi connectivity index (χ0n) is 7.91. The Bertz CT molecular complexity index is 485. The van der Waals surface area contributed by atoms with Crippen molar-refractivity contribution in [2.24, 2.45) is 0 Å². The van der Waals surface area contributed by atoms with Crippen molar-refractivity contribution in [3.63, 3.8) is 0 Å². The molecule has 2 aromatic rings. The van der Waals surface area contributed by atoms with E-state index in [0.717, 1.165) is 22.2 Å². The van der Waals surface area contributed by atoms with Gasteiger partial charge in [0.25, 0.3) is 0 Å². The van der Waals surface area contributed by atoms with Crippen LogP contribution in [-0.4, -0.2) is 17.1 Å². The van der Waals surface area contributed by atoms with Crippen molar-refractivity contribution in [3.8, 4) is 5.75 Å². The Balaban J connectivity index is 2.79.